The predicted molar refractivity (Wildman–Crippen MR) is 74.9 cm³/mol. The molecule has 0 aliphatic carbocycles. The highest BCUT2D eigenvalue weighted by Crippen LogP contribution is 2.19. The molecule has 100 valence electrons. The molecule has 0 aliphatic rings. The van der Waals surface area contributed by atoms with Gasteiger partial charge in [-0.2, -0.15) is 0 Å². The fraction of sp³-hybridized carbons (Fsp3) is 0.500. The Morgan fingerprint density at radius 1 is 1.28 bits per heavy atom. The van der Waals surface area contributed by atoms with Gasteiger partial charge in [-0.25, -0.2) is 4.79 Å². The Kier molecular flexibility index (Phi) is 6.58. The quantitative estimate of drug-likeness (QED) is 0.462. The first-order valence-electron chi connectivity index (χ1n) is 6.37. The molecule has 0 atom stereocenters. The van der Waals surface area contributed by atoms with Gasteiger partial charge >= 0.3 is 5.97 Å². The number of hydrogen-bond donors (Lipinski definition) is 1. The number of unbranched alkanes of at least 4 members (excludes halogenated alkanes) is 4. The average molecular weight is 270 g/mol. The van der Waals surface area contributed by atoms with Crippen LogP contribution in [0.3, 0.4) is 0 Å². The van der Waals surface area contributed by atoms with Crippen LogP contribution in [-0.2, 0) is 4.74 Å². The Bertz CT molecular complexity index is 393. The molecule has 0 saturated carbocycles. The van der Waals surface area contributed by atoms with E-state index in [1.54, 1.807) is 18.2 Å². The van der Waals surface area contributed by atoms with Crippen molar-refractivity contribution in [2.75, 3.05) is 12.3 Å². The SMILES string of the molecule is CCCCCCCOC(=O)c1ccc(Cl)c(N)c1. The number of carbonyl (C=O) groups is 1. The van der Waals surface area contributed by atoms with Crippen molar-refractivity contribution in [3.05, 3.63) is 28.8 Å². The van der Waals surface area contributed by atoms with Gasteiger partial charge in [0.25, 0.3) is 0 Å². The number of halogens is 1. The molecule has 0 unspecified atom stereocenters. The third-order valence-electron chi connectivity index (χ3n) is 2.71. The Hall–Kier alpha value is -1.22. The summed E-state index contributed by atoms with van der Waals surface area (Å²) in [5.74, 6) is -0.339. The lowest BCUT2D eigenvalue weighted by atomic mass is 10.2. The van der Waals surface area contributed by atoms with Crippen LogP contribution in [-0.4, -0.2) is 12.6 Å². The lowest BCUT2D eigenvalue weighted by molar-refractivity contribution is 0.0498. The van der Waals surface area contributed by atoms with Crippen molar-refractivity contribution in [3.63, 3.8) is 0 Å². The van der Waals surface area contributed by atoms with Crippen LogP contribution < -0.4 is 5.73 Å². The maximum absolute atomic E-state index is 11.7. The molecule has 0 aromatic heterocycles. The third-order valence-corrected chi connectivity index (χ3v) is 3.06. The van der Waals surface area contributed by atoms with Gasteiger partial charge in [-0.05, 0) is 24.6 Å². The van der Waals surface area contributed by atoms with Crippen LogP contribution in [0.5, 0.6) is 0 Å². The number of nitrogens with two attached hydrogens (primary N) is 1. The number of carbonyl (C=O) groups excluding carboxylic acids is 1. The van der Waals surface area contributed by atoms with Gasteiger partial charge in [0.05, 0.1) is 22.9 Å². The minimum absolute atomic E-state index is 0.339. The number of ether oxygens (including phenoxy) is 1. The summed E-state index contributed by atoms with van der Waals surface area (Å²) in [4.78, 5) is 11.7. The van der Waals surface area contributed by atoms with Crippen molar-refractivity contribution in [2.24, 2.45) is 0 Å². The average Bonchev–Trinajstić information content (AvgIpc) is 2.36. The zero-order valence-corrected chi connectivity index (χ0v) is 11.5. The van der Waals surface area contributed by atoms with Gasteiger partial charge < -0.3 is 10.5 Å². The van der Waals surface area contributed by atoms with E-state index in [1.165, 1.54) is 19.3 Å². The van der Waals surface area contributed by atoms with Gasteiger partial charge in [0, 0.05) is 0 Å². The molecule has 1 aromatic carbocycles. The standard InChI is InChI=1S/C14H20ClNO2/c1-2-3-4-5-6-9-18-14(17)11-7-8-12(15)13(16)10-11/h7-8,10H,2-6,9,16H2,1H3. The molecule has 0 heterocycles. The number of anilines is 1. The highest BCUT2D eigenvalue weighted by atomic mass is 35.5. The largest absolute Gasteiger partial charge is 0.462 e. The minimum Gasteiger partial charge on any atom is -0.462 e. The monoisotopic (exact) mass is 269 g/mol. The summed E-state index contributed by atoms with van der Waals surface area (Å²) >= 11 is 5.78. The van der Waals surface area contributed by atoms with Gasteiger partial charge in [0.1, 0.15) is 0 Å². The van der Waals surface area contributed by atoms with E-state index in [1.807, 2.05) is 0 Å². The summed E-state index contributed by atoms with van der Waals surface area (Å²) in [6, 6.07) is 4.77. The summed E-state index contributed by atoms with van der Waals surface area (Å²) in [6.45, 7) is 2.63. The van der Waals surface area contributed by atoms with E-state index in [4.69, 9.17) is 22.1 Å². The summed E-state index contributed by atoms with van der Waals surface area (Å²) < 4.78 is 5.17. The van der Waals surface area contributed by atoms with Crippen LogP contribution in [0.2, 0.25) is 5.02 Å². The lowest BCUT2D eigenvalue weighted by Gasteiger charge is -2.06. The van der Waals surface area contributed by atoms with E-state index in [0.29, 0.717) is 22.9 Å². The maximum Gasteiger partial charge on any atom is 0.338 e. The second kappa shape index (κ2) is 7.98. The molecule has 3 nitrogen and oxygen atoms in total. The van der Waals surface area contributed by atoms with E-state index in [9.17, 15) is 4.79 Å². The van der Waals surface area contributed by atoms with Crippen LogP contribution in [0.15, 0.2) is 18.2 Å². The number of rotatable bonds is 7. The topological polar surface area (TPSA) is 52.3 Å². The summed E-state index contributed by atoms with van der Waals surface area (Å²) in [5, 5.41) is 0.450. The van der Waals surface area contributed by atoms with Crippen molar-refractivity contribution in [2.45, 2.75) is 39.0 Å². The fourth-order valence-electron chi connectivity index (χ4n) is 1.62. The van der Waals surface area contributed by atoms with Gasteiger partial charge in [0.2, 0.25) is 0 Å². The normalized spacial score (nSPS) is 10.3. The van der Waals surface area contributed by atoms with E-state index in [0.717, 1.165) is 12.8 Å². The summed E-state index contributed by atoms with van der Waals surface area (Å²) in [5.41, 5.74) is 6.48. The first-order chi connectivity index (χ1) is 8.65. The van der Waals surface area contributed by atoms with E-state index in [2.05, 4.69) is 6.92 Å². The summed E-state index contributed by atoms with van der Waals surface area (Å²) in [7, 11) is 0. The predicted octanol–water partition coefficient (Wildman–Crippen LogP) is 4.05. The van der Waals surface area contributed by atoms with Crippen molar-refractivity contribution in [1.82, 2.24) is 0 Å². The Morgan fingerprint density at radius 2 is 2.00 bits per heavy atom. The van der Waals surface area contributed by atoms with Gasteiger partial charge in [-0.15, -0.1) is 0 Å². The van der Waals surface area contributed by atoms with E-state index in [-0.39, 0.29) is 5.97 Å². The molecule has 2 N–H and O–H groups in total. The molecular formula is C14H20ClNO2. The summed E-state index contributed by atoms with van der Waals surface area (Å²) in [6.07, 6.45) is 5.66. The van der Waals surface area contributed by atoms with Crippen LogP contribution in [0.4, 0.5) is 5.69 Å². The highest BCUT2D eigenvalue weighted by molar-refractivity contribution is 6.33. The van der Waals surface area contributed by atoms with Crippen molar-refractivity contribution < 1.29 is 9.53 Å². The molecule has 0 aliphatic heterocycles. The highest BCUT2D eigenvalue weighted by Gasteiger charge is 2.08. The fourth-order valence-corrected chi connectivity index (χ4v) is 1.74. The lowest BCUT2D eigenvalue weighted by Crippen LogP contribution is -2.07. The smallest absolute Gasteiger partial charge is 0.338 e. The third kappa shape index (κ3) is 4.96. The van der Waals surface area contributed by atoms with Gasteiger partial charge in [-0.1, -0.05) is 44.2 Å². The van der Waals surface area contributed by atoms with Crippen LogP contribution >= 0.6 is 11.6 Å². The Balaban J connectivity index is 2.30. The zero-order chi connectivity index (χ0) is 13.4. The second-order valence-electron chi connectivity index (χ2n) is 4.29. The number of hydrogen-bond acceptors (Lipinski definition) is 3. The second-order valence-corrected chi connectivity index (χ2v) is 4.69. The number of esters is 1. The molecule has 1 aromatic rings. The Morgan fingerprint density at radius 3 is 2.67 bits per heavy atom. The van der Waals surface area contributed by atoms with Crippen molar-refractivity contribution in [3.8, 4) is 0 Å². The van der Waals surface area contributed by atoms with Gasteiger partial charge in [0.15, 0.2) is 0 Å². The van der Waals surface area contributed by atoms with Crippen molar-refractivity contribution in [1.29, 1.82) is 0 Å². The molecule has 0 saturated heterocycles. The van der Waals surface area contributed by atoms with Gasteiger partial charge in [-0.3, -0.25) is 0 Å². The molecule has 0 radical (unpaired) electrons. The van der Waals surface area contributed by atoms with Crippen LogP contribution in [0.1, 0.15) is 49.4 Å². The van der Waals surface area contributed by atoms with Crippen molar-refractivity contribution >= 4 is 23.3 Å². The van der Waals surface area contributed by atoms with Crippen LogP contribution in [0.25, 0.3) is 0 Å². The molecule has 1 rings (SSSR count). The maximum atomic E-state index is 11.7. The van der Waals surface area contributed by atoms with Crippen LogP contribution in [0, 0.1) is 0 Å². The minimum atomic E-state index is -0.339. The first-order valence-corrected chi connectivity index (χ1v) is 6.75. The Labute approximate surface area is 113 Å². The van der Waals surface area contributed by atoms with E-state index < -0.39 is 0 Å². The zero-order valence-electron chi connectivity index (χ0n) is 10.7. The number of nitrogen functional groups attached to an aromatic ring is 1. The number of benzene rings is 1. The molecule has 4 heteroatoms. The first kappa shape index (κ1) is 14.8. The van der Waals surface area contributed by atoms with E-state index >= 15 is 0 Å². The molecule has 0 bridgehead atoms. The molecule has 18 heavy (non-hydrogen) atoms. The molecular weight excluding hydrogens is 250 g/mol. The molecule has 0 spiro atoms. The molecule has 0 amide bonds. The molecule has 0 fully saturated rings.